The standard InChI is InChI=1S/C15H22/c1-5-8-14(11-12(2)3)15-10-7-6-9-13(15)4/h6-10,12H,5,11H2,1-4H3/b14-8-. The maximum atomic E-state index is 2.36. The van der Waals surface area contributed by atoms with E-state index in [4.69, 9.17) is 0 Å². The van der Waals surface area contributed by atoms with Crippen LogP contribution in [0.5, 0.6) is 0 Å². The lowest BCUT2D eigenvalue weighted by atomic mass is 9.93. The zero-order chi connectivity index (χ0) is 11.3. The maximum Gasteiger partial charge on any atom is -0.0198 e. The lowest BCUT2D eigenvalue weighted by Gasteiger charge is -2.13. The van der Waals surface area contributed by atoms with E-state index in [0.717, 1.165) is 12.3 Å². The van der Waals surface area contributed by atoms with Gasteiger partial charge >= 0.3 is 0 Å². The number of hydrogen-bond acceptors (Lipinski definition) is 0. The van der Waals surface area contributed by atoms with Crippen molar-refractivity contribution in [2.75, 3.05) is 0 Å². The molecule has 0 amide bonds. The highest BCUT2D eigenvalue weighted by Crippen LogP contribution is 2.25. The molecule has 0 heteroatoms. The van der Waals surface area contributed by atoms with Gasteiger partial charge in [0.25, 0.3) is 0 Å². The minimum absolute atomic E-state index is 0.724. The average Bonchev–Trinajstić information content (AvgIpc) is 2.17. The first-order chi connectivity index (χ1) is 7.15. The molecule has 0 unspecified atom stereocenters. The zero-order valence-electron chi connectivity index (χ0n) is 10.4. The van der Waals surface area contributed by atoms with Gasteiger partial charge in [-0.3, -0.25) is 0 Å². The van der Waals surface area contributed by atoms with Crippen LogP contribution in [-0.4, -0.2) is 0 Å². The molecule has 1 rings (SSSR count). The topological polar surface area (TPSA) is 0 Å². The third kappa shape index (κ3) is 3.54. The summed E-state index contributed by atoms with van der Waals surface area (Å²) in [7, 11) is 0. The van der Waals surface area contributed by atoms with E-state index in [9.17, 15) is 0 Å². The van der Waals surface area contributed by atoms with Crippen LogP contribution >= 0.6 is 0 Å². The molecule has 0 spiro atoms. The van der Waals surface area contributed by atoms with Crippen molar-refractivity contribution in [2.45, 2.75) is 40.5 Å². The summed E-state index contributed by atoms with van der Waals surface area (Å²) in [4.78, 5) is 0. The Labute approximate surface area is 94.0 Å². The number of allylic oxidation sites excluding steroid dienone is 2. The van der Waals surface area contributed by atoms with Crippen LogP contribution < -0.4 is 0 Å². The Morgan fingerprint density at radius 3 is 2.47 bits per heavy atom. The fourth-order valence-electron chi connectivity index (χ4n) is 1.92. The van der Waals surface area contributed by atoms with Crippen molar-refractivity contribution in [1.29, 1.82) is 0 Å². The molecule has 0 saturated heterocycles. The zero-order valence-corrected chi connectivity index (χ0v) is 10.4. The highest BCUT2D eigenvalue weighted by Gasteiger charge is 2.05. The minimum Gasteiger partial charge on any atom is -0.0810 e. The summed E-state index contributed by atoms with van der Waals surface area (Å²) in [5.41, 5.74) is 4.32. The number of aryl methyl sites for hydroxylation is 1. The largest absolute Gasteiger partial charge is 0.0810 e. The molecule has 0 aromatic heterocycles. The third-order valence-corrected chi connectivity index (χ3v) is 2.57. The Bertz CT molecular complexity index is 332. The van der Waals surface area contributed by atoms with Crippen molar-refractivity contribution < 1.29 is 0 Å². The summed E-state index contributed by atoms with van der Waals surface area (Å²) in [5.74, 6) is 0.724. The van der Waals surface area contributed by atoms with Crippen LogP contribution in [0, 0.1) is 12.8 Å². The van der Waals surface area contributed by atoms with Gasteiger partial charge in [0.05, 0.1) is 0 Å². The number of hydrogen-bond donors (Lipinski definition) is 0. The molecule has 0 radical (unpaired) electrons. The van der Waals surface area contributed by atoms with E-state index in [-0.39, 0.29) is 0 Å². The van der Waals surface area contributed by atoms with Gasteiger partial charge in [0, 0.05) is 0 Å². The van der Waals surface area contributed by atoms with E-state index < -0.39 is 0 Å². The van der Waals surface area contributed by atoms with E-state index >= 15 is 0 Å². The predicted octanol–water partition coefficient (Wildman–Crippen LogP) is 4.83. The molecule has 0 heterocycles. The quantitative estimate of drug-likeness (QED) is 0.655. The van der Waals surface area contributed by atoms with Gasteiger partial charge in [0.1, 0.15) is 0 Å². The minimum atomic E-state index is 0.724. The van der Waals surface area contributed by atoms with E-state index in [0.29, 0.717) is 0 Å². The monoisotopic (exact) mass is 202 g/mol. The normalized spacial score (nSPS) is 12.2. The fraction of sp³-hybridized carbons (Fsp3) is 0.467. The van der Waals surface area contributed by atoms with E-state index in [2.05, 4.69) is 58.0 Å². The molecule has 0 nitrogen and oxygen atoms in total. The first kappa shape index (κ1) is 12.0. The molecule has 0 aliphatic rings. The van der Waals surface area contributed by atoms with E-state index in [1.54, 1.807) is 0 Å². The summed E-state index contributed by atoms with van der Waals surface area (Å²) < 4.78 is 0. The number of rotatable bonds is 4. The Kier molecular flexibility index (Phi) is 4.61. The summed E-state index contributed by atoms with van der Waals surface area (Å²) in [6.45, 7) is 8.96. The van der Waals surface area contributed by atoms with Crippen molar-refractivity contribution in [3.63, 3.8) is 0 Å². The van der Waals surface area contributed by atoms with Gasteiger partial charge in [-0.25, -0.2) is 0 Å². The van der Waals surface area contributed by atoms with Crippen LogP contribution in [0.4, 0.5) is 0 Å². The fourth-order valence-corrected chi connectivity index (χ4v) is 1.92. The summed E-state index contributed by atoms with van der Waals surface area (Å²) in [6, 6.07) is 8.67. The molecule has 1 aromatic carbocycles. The van der Waals surface area contributed by atoms with Gasteiger partial charge in [-0.15, -0.1) is 0 Å². The molecule has 0 aliphatic carbocycles. The Morgan fingerprint density at radius 2 is 1.93 bits per heavy atom. The van der Waals surface area contributed by atoms with Crippen molar-refractivity contribution in [3.8, 4) is 0 Å². The lowest BCUT2D eigenvalue weighted by Crippen LogP contribution is -1.94. The molecule has 0 atom stereocenters. The Hall–Kier alpha value is -1.04. The predicted molar refractivity (Wildman–Crippen MR) is 68.9 cm³/mol. The van der Waals surface area contributed by atoms with Crippen molar-refractivity contribution in [3.05, 3.63) is 41.5 Å². The Morgan fingerprint density at radius 1 is 1.27 bits per heavy atom. The van der Waals surface area contributed by atoms with Crippen molar-refractivity contribution >= 4 is 5.57 Å². The first-order valence-electron chi connectivity index (χ1n) is 5.90. The van der Waals surface area contributed by atoms with E-state index in [1.807, 2.05) is 0 Å². The van der Waals surface area contributed by atoms with Crippen LogP contribution in [0.3, 0.4) is 0 Å². The molecule has 0 N–H and O–H groups in total. The van der Waals surface area contributed by atoms with Crippen LogP contribution in [0.1, 0.15) is 44.7 Å². The van der Waals surface area contributed by atoms with Crippen LogP contribution in [-0.2, 0) is 0 Å². The van der Waals surface area contributed by atoms with Gasteiger partial charge < -0.3 is 0 Å². The smallest absolute Gasteiger partial charge is 0.0198 e. The highest BCUT2D eigenvalue weighted by molar-refractivity contribution is 5.68. The van der Waals surface area contributed by atoms with Crippen molar-refractivity contribution in [1.82, 2.24) is 0 Å². The molecule has 0 bridgehead atoms. The highest BCUT2D eigenvalue weighted by atomic mass is 14.1. The number of benzene rings is 1. The Balaban J connectivity index is 3.00. The SMILES string of the molecule is CC/C=C(/CC(C)C)c1ccccc1C. The van der Waals surface area contributed by atoms with Gasteiger partial charge in [-0.2, -0.15) is 0 Å². The summed E-state index contributed by atoms with van der Waals surface area (Å²) in [5, 5.41) is 0. The van der Waals surface area contributed by atoms with Crippen LogP contribution in [0.25, 0.3) is 5.57 Å². The van der Waals surface area contributed by atoms with Crippen LogP contribution in [0.15, 0.2) is 30.3 Å². The van der Waals surface area contributed by atoms with Gasteiger partial charge in [-0.1, -0.05) is 51.1 Å². The molecule has 1 aromatic rings. The van der Waals surface area contributed by atoms with E-state index in [1.165, 1.54) is 23.1 Å². The van der Waals surface area contributed by atoms with Gasteiger partial charge in [0.2, 0.25) is 0 Å². The molecular formula is C15H22. The second-order valence-corrected chi connectivity index (χ2v) is 4.55. The molecule has 82 valence electrons. The maximum absolute atomic E-state index is 2.36. The summed E-state index contributed by atoms with van der Waals surface area (Å²) >= 11 is 0. The first-order valence-corrected chi connectivity index (χ1v) is 5.90. The second-order valence-electron chi connectivity index (χ2n) is 4.55. The van der Waals surface area contributed by atoms with Crippen LogP contribution in [0.2, 0.25) is 0 Å². The third-order valence-electron chi connectivity index (χ3n) is 2.57. The average molecular weight is 202 g/mol. The lowest BCUT2D eigenvalue weighted by molar-refractivity contribution is 0.672. The van der Waals surface area contributed by atoms with Gasteiger partial charge in [0.15, 0.2) is 0 Å². The molecule has 0 aliphatic heterocycles. The summed E-state index contributed by atoms with van der Waals surface area (Å²) in [6.07, 6.45) is 4.66. The second kappa shape index (κ2) is 5.75. The van der Waals surface area contributed by atoms with Crippen molar-refractivity contribution in [2.24, 2.45) is 5.92 Å². The molecule has 15 heavy (non-hydrogen) atoms. The van der Waals surface area contributed by atoms with Gasteiger partial charge in [-0.05, 0) is 42.4 Å². The molecular weight excluding hydrogens is 180 g/mol. The molecule has 0 saturated carbocycles. The molecule has 0 fully saturated rings.